The van der Waals surface area contributed by atoms with Crippen LogP contribution in [0.3, 0.4) is 0 Å². The van der Waals surface area contributed by atoms with E-state index in [2.05, 4.69) is 5.32 Å². The van der Waals surface area contributed by atoms with Gasteiger partial charge in [-0.05, 0) is 31.8 Å². The first-order chi connectivity index (χ1) is 4.79. The van der Waals surface area contributed by atoms with E-state index in [0.29, 0.717) is 12.3 Å². The largest absolute Gasteiger partial charge is 0.481 e. The summed E-state index contributed by atoms with van der Waals surface area (Å²) in [7, 11) is 0. The number of carbonyl (C=O) groups is 1. The molecule has 0 unspecified atom stereocenters. The zero-order valence-corrected chi connectivity index (χ0v) is 7.19. The van der Waals surface area contributed by atoms with Gasteiger partial charge in [-0.15, -0.1) is 12.4 Å². The predicted octanol–water partition coefficient (Wildman–Crippen LogP) is 0.882. The molecular formula is C7H14ClNO2. The third-order valence-electron chi connectivity index (χ3n) is 1.93. The molecule has 66 valence electrons. The van der Waals surface area contributed by atoms with Crippen LogP contribution in [-0.4, -0.2) is 24.2 Å². The molecule has 0 amide bonds. The molecule has 0 radical (unpaired) electrons. The van der Waals surface area contributed by atoms with Gasteiger partial charge >= 0.3 is 5.97 Å². The van der Waals surface area contributed by atoms with E-state index in [4.69, 9.17) is 5.11 Å². The van der Waals surface area contributed by atoms with Crippen LogP contribution in [0.4, 0.5) is 0 Å². The molecule has 0 bridgehead atoms. The molecule has 0 saturated carbocycles. The van der Waals surface area contributed by atoms with Gasteiger partial charge in [-0.2, -0.15) is 0 Å². The number of hydrogen-bond acceptors (Lipinski definition) is 2. The minimum atomic E-state index is -0.674. The molecule has 4 heteroatoms. The monoisotopic (exact) mass is 179 g/mol. The van der Waals surface area contributed by atoms with Gasteiger partial charge in [-0.25, -0.2) is 0 Å². The van der Waals surface area contributed by atoms with Crippen LogP contribution in [0.1, 0.15) is 19.3 Å². The molecule has 0 aromatic carbocycles. The number of halogens is 1. The van der Waals surface area contributed by atoms with E-state index in [1.54, 1.807) is 0 Å². The van der Waals surface area contributed by atoms with Crippen molar-refractivity contribution in [3.63, 3.8) is 0 Å². The highest BCUT2D eigenvalue weighted by Crippen LogP contribution is 2.13. The van der Waals surface area contributed by atoms with Crippen molar-refractivity contribution in [3.05, 3.63) is 0 Å². The van der Waals surface area contributed by atoms with Crippen LogP contribution in [0.5, 0.6) is 0 Å². The standard InChI is InChI=1S/C7H13NO2.ClH/c9-7(10)2-1-6-3-4-8-5-6;/h6,8H,1-5H2,(H,9,10);1H/t6-;/m0./s1. The Morgan fingerprint density at radius 3 is 2.82 bits per heavy atom. The van der Waals surface area contributed by atoms with E-state index in [9.17, 15) is 4.79 Å². The molecule has 0 spiro atoms. The number of nitrogens with one attached hydrogen (secondary N) is 1. The van der Waals surface area contributed by atoms with Crippen LogP contribution >= 0.6 is 12.4 Å². The van der Waals surface area contributed by atoms with Gasteiger partial charge in [0.1, 0.15) is 0 Å². The second-order valence-electron chi connectivity index (χ2n) is 2.79. The smallest absolute Gasteiger partial charge is 0.303 e. The quantitative estimate of drug-likeness (QED) is 0.677. The molecule has 3 nitrogen and oxygen atoms in total. The van der Waals surface area contributed by atoms with Crippen molar-refractivity contribution in [1.82, 2.24) is 5.32 Å². The lowest BCUT2D eigenvalue weighted by molar-refractivity contribution is -0.137. The van der Waals surface area contributed by atoms with Gasteiger partial charge in [-0.1, -0.05) is 0 Å². The SMILES string of the molecule is Cl.O=C(O)CC[C@H]1CCNC1. The zero-order valence-electron chi connectivity index (χ0n) is 6.38. The Labute approximate surface area is 72.6 Å². The molecule has 1 aliphatic rings. The van der Waals surface area contributed by atoms with Crippen molar-refractivity contribution in [3.8, 4) is 0 Å². The first kappa shape index (κ1) is 10.7. The van der Waals surface area contributed by atoms with Crippen LogP contribution in [0, 0.1) is 5.92 Å². The van der Waals surface area contributed by atoms with Crippen LogP contribution in [-0.2, 0) is 4.79 Å². The summed E-state index contributed by atoms with van der Waals surface area (Å²) in [4.78, 5) is 10.1. The van der Waals surface area contributed by atoms with E-state index in [1.807, 2.05) is 0 Å². The lowest BCUT2D eigenvalue weighted by Gasteiger charge is -2.03. The molecule has 1 rings (SSSR count). The van der Waals surface area contributed by atoms with Crippen LogP contribution < -0.4 is 5.32 Å². The summed E-state index contributed by atoms with van der Waals surface area (Å²) in [5, 5.41) is 11.6. The molecule has 1 atom stereocenters. The molecular weight excluding hydrogens is 166 g/mol. The zero-order chi connectivity index (χ0) is 7.40. The first-order valence-electron chi connectivity index (χ1n) is 3.71. The van der Waals surface area contributed by atoms with E-state index in [0.717, 1.165) is 25.9 Å². The maximum atomic E-state index is 10.1. The summed E-state index contributed by atoms with van der Waals surface area (Å²) >= 11 is 0. The summed E-state index contributed by atoms with van der Waals surface area (Å²) in [6.07, 6.45) is 2.31. The Hall–Kier alpha value is -0.280. The number of hydrogen-bond donors (Lipinski definition) is 2. The number of carboxylic acid groups (broad SMARTS) is 1. The fraction of sp³-hybridized carbons (Fsp3) is 0.857. The first-order valence-corrected chi connectivity index (χ1v) is 3.71. The molecule has 1 saturated heterocycles. The van der Waals surface area contributed by atoms with Gasteiger partial charge in [0.15, 0.2) is 0 Å². The maximum absolute atomic E-state index is 10.1. The molecule has 1 heterocycles. The van der Waals surface area contributed by atoms with Crippen LogP contribution in [0.25, 0.3) is 0 Å². The second-order valence-corrected chi connectivity index (χ2v) is 2.79. The van der Waals surface area contributed by atoms with E-state index >= 15 is 0 Å². The van der Waals surface area contributed by atoms with E-state index in [-0.39, 0.29) is 12.4 Å². The Bertz CT molecular complexity index is 124. The van der Waals surface area contributed by atoms with Crippen molar-refractivity contribution in [2.45, 2.75) is 19.3 Å². The second kappa shape index (κ2) is 5.38. The average molecular weight is 180 g/mol. The third-order valence-corrected chi connectivity index (χ3v) is 1.93. The Balaban J connectivity index is 0.000001000. The van der Waals surface area contributed by atoms with Crippen LogP contribution in [0.15, 0.2) is 0 Å². The highest BCUT2D eigenvalue weighted by molar-refractivity contribution is 5.85. The van der Waals surface area contributed by atoms with Gasteiger partial charge in [0.2, 0.25) is 0 Å². The molecule has 0 aliphatic carbocycles. The fourth-order valence-electron chi connectivity index (χ4n) is 1.29. The normalized spacial score (nSPS) is 22.7. The average Bonchev–Trinajstić information content (AvgIpc) is 2.34. The summed E-state index contributed by atoms with van der Waals surface area (Å²) in [6, 6.07) is 0. The third kappa shape index (κ3) is 4.22. The molecule has 2 N–H and O–H groups in total. The van der Waals surface area contributed by atoms with Gasteiger partial charge in [0, 0.05) is 6.42 Å². The maximum Gasteiger partial charge on any atom is 0.303 e. The topological polar surface area (TPSA) is 49.3 Å². The van der Waals surface area contributed by atoms with Crippen molar-refractivity contribution < 1.29 is 9.90 Å². The lowest BCUT2D eigenvalue weighted by atomic mass is 10.0. The fourth-order valence-corrected chi connectivity index (χ4v) is 1.29. The van der Waals surface area contributed by atoms with Crippen molar-refractivity contribution in [2.24, 2.45) is 5.92 Å². The Morgan fingerprint density at radius 1 is 1.64 bits per heavy atom. The van der Waals surface area contributed by atoms with Crippen LogP contribution in [0.2, 0.25) is 0 Å². The summed E-state index contributed by atoms with van der Waals surface area (Å²) in [6.45, 7) is 2.07. The van der Waals surface area contributed by atoms with E-state index in [1.165, 1.54) is 0 Å². The summed E-state index contributed by atoms with van der Waals surface area (Å²) in [5.74, 6) is -0.0667. The van der Waals surface area contributed by atoms with Crippen molar-refractivity contribution in [2.75, 3.05) is 13.1 Å². The molecule has 1 fully saturated rings. The number of carboxylic acids is 1. The van der Waals surface area contributed by atoms with Crippen molar-refractivity contribution in [1.29, 1.82) is 0 Å². The summed E-state index contributed by atoms with van der Waals surface area (Å²) in [5.41, 5.74) is 0. The Morgan fingerprint density at radius 2 is 2.36 bits per heavy atom. The van der Waals surface area contributed by atoms with Gasteiger partial charge in [0.05, 0.1) is 0 Å². The molecule has 11 heavy (non-hydrogen) atoms. The molecule has 0 aromatic rings. The minimum Gasteiger partial charge on any atom is -0.481 e. The highest BCUT2D eigenvalue weighted by atomic mass is 35.5. The van der Waals surface area contributed by atoms with Gasteiger partial charge in [-0.3, -0.25) is 4.79 Å². The van der Waals surface area contributed by atoms with E-state index < -0.39 is 5.97 Å². The number of aliphatic carboxylic acids is 1. The van der Waals surface area contributed by atoms with Gasteiger partial charge < -0.3 is 10.4 Å². The Kier molecular flexibility index (Phi) is 5.24. The number of rotatable bonds is 3. The lowest BCUT2D eigenvalue weighted by Crippen LogP contribution is -2.10. The van der Waals surface area contributed by atoms with Gasteiger partial charge in [0.25, 0.3) is 0 Å². The minimum absolute atomic E-state index is 0. The molecule has 1 aliphatic heterocycles. The predicted molar refractivity (Wildman–Crippen MR) is 45.1 cm³/mol. The van der Waals surface area contributed by atoms with Crippen molar-refractivity contribution >= 4 is 18.4 Å². The molecule has 0 aromatic heterocycles. The highest BCUT2D eigenvalue weighted by Gasteiger charge is 2.14. The summed E-state index contributed by atoms with van der Waals surface area (Å²) < 4.78 is 0.